The topological polar surface area (TPSA) is 21.3 Å². The van der Waals surface area contributed by atoms with Crippen LogP contribution < -0.4 is 5.32 Å². The molecule has 0 spiro atoms. The fraction of sp³-hybridized carbons (Fsp3) is 0.625. The van der Waals surface area contributed by atoms with Gasteiger partial charge in [0.15, 0.2) is 0 Å². The first-order valence-corrected chi connectivity index (χ1v) is 7.01. The van der Waals surface area contributed by atoms with Crippen LogP contribution in [-0.2, 0) is 4.74 Å². The molecule has 0 aliphatic heterocycles. The molecule has 18 heavy (non-hydrogen) atoms. The summed E-state index contributed by atoms with van der Waals surface area (Å²) in [5, 5.41) is 3.67. The smallest absolute Gasteiger partial charge is 0.0462 e. The van der Waals surface area contributed by atoms with Gasteiger partial charge in [0.2, 0.25) is 0 Å². The van der Waals surface area contributed by atoms with E-state index >= 15 is 0 Å². The minimum Gasteiger partial charge on any atom is -0.385 e. The van der Waals surface area contributed by atoms with Crippen LogP contribution in [0.3, 0.4) is 0 Å². The average Bonchev–Trinajstić information content (AvgIpc) is 2.38. The third-order valence-electron chi connectivity index (χ3n) is 3.08. The minimum absolute atomic E-state index is 0.480. The summed E-state index contributed by atoms with van der Waals surface area (Å²) in [7, 11) is 1.76. The zero-order chi connectivity index (χ0) is 13.2. The van der Waals surface area contributed by atoms with Crippen molar-refractivity contribution >= 4 is 0 Å². The standard InChI is InChI=1S/C16H27NO/c1-14(2)13-16(15-9-5-4-6-10-15)17-11-7-8-12-18-3/h4-6,9-10,14,16-17H,7-8,11-13H2,1-3H3. The molecule has 2 nitrogen and oxygen atoms in total. The van der Waals surface area contributed by atoms with E-state index < -0.39 is 0 Å². The Kier molecular flexibility index (Phi) is 7.70. The summed E-state index contributed by atoms with van der Waals surface area (Å²) in [6.45, 7) is 6.49. The van der Waals surface area contributed by atoms with Crippen LogP contribution >= 0.6 is 0 Å². The average molecular weight is 249 g/mol. The quantitative estimate of drug-likeness (QED) is 0.672. The third-order valence-corrected chi connectivity index (χ3v) is 3.08. The van der Waals surface area contributed by atoms with E-state index in [4.69, 9.17) is 4.74 Å². The molecule has 1 atom stereocenters. The van der Waals surface area contributed by atoms with Crippen LogP contribution in [0.1, 0.15) is 44.7 Å². The highest BCUT2D eigenvalue weighted by molar-refractivity contribution is 5.18. The predicted molar refractivity (Wildman–Crippen MR) is 77.8 cm³/mol. The zero-order valence-corrected chi connectivity index (χ0v) is 12.0. The van der Waals surface area contributed by atoms with Crippen LogP contribution in [0.4, 0.5) is 0 Å². The lowest BCUT2D eigenvalue weighted by atomic mass is 9.97. The second-order valence-electron chi connectivity index (χ2n) is 5.25. The van der Waals surface area contributed by atoms with Crippen molar-refractivity contribution in [2.45, 2.75) is 39.2 Å². The predicted octanol–water partition coefficient (Wildman–Crippen LogP) is 3.79. The second kappa shape index (κ2) is 9.12. The molecule has 0 aliphatic rings. The molecular weight excluding hydrogens is 222 g/mol. The number of benzene rings is 1. The Labute approximate surface area is 112 Å². The largest absolute Gasteiger partial charge is 0.385 e. The first kappa shape index (κ1) is 15.2. The Balaban J connectivity index is 2.41. The summed E-state index contributed by atoms with van der Waals surface area (Å²) >= 11 is 0. The Hall–Kier alpha value is -0.860. The SMILES string of the molecule is COCCCCNC(CC(C)C)c1ccccc1. The summed E-state index contributed by atoms with van der Waals surface area (Å²) < 4.78 is 5.07. The van der Waals surface area contributed by atoms with Gasteiger partial charge in [0.25, 0.3) is 0 Å². The molecule has 1 aromatic rings. The van der Waals surface area contributed by atoms with Gasteiger partial charge in [-0.25, -0.2) is 0 Å². The molecule has 0 bridgehead atoms. The van der Waals surface area contributed by atoms with Crippen molar-refractivity contribution in [3.63, 3.8) is 0 Å². The van der Waals surface area contributed by atoms with E-state index in [1.165, 1.54) is 18.4 Å². The molecule has 0 radical (unpaired) electrons. The van der Waals surface area contributed by atoms with Crippen LogP contribution in [-0.4, -0.2) is 20.3 Å². The lowest BCUT2D eigenvalue weighted by Crippen LogP contribution is -2.24. The number of ether oxygens (including phenoxy) is 1. The van der Waals surface area contributed by atoms with Crippen LogP contribution in [0.15, 0.2) is 30.3 Å². The number of hydrogen-bond donors (Lipinski definition) is 1. The molecule has 1 aromatic carbocycles. The van der Waals surface area contributed by atoms with E-state index in [1.54, 1.807) is 7.11 Å². The van der Waals surface area contributed by atoms with E-state index in [2.05, 4.69) is 49.5 Å². The number of methoxy groups -OCH3 is 1. The molecule has 2 heteroatoms. The summed E-state index contributed by atoms with van der Waals surface area (Å²) in [5.41, 5.74) is 1.40. The van der Waals surface area contributed by atoms with Crippen LogP contribution in [0, 0.1) is 5.92 Å². The van der Waals surface area contributed by atoms with Gasteiger partial charge in [0.1, 0.15) is 0 Å². The number of rotatable bonds is 9. The first-order chi connectivity index (χ1) is 8.74. The van der Waals surface area contributed by atoms with Gasteiger partial charge in [0.05, 0.1) is 0 Å². The molecule has 0 amide bonds. The van der Waals surface area contributed by atoms with Crippen molar-refractivity contribution in [3.05, 3.63) is 35.9 Å². The Bertz CT molecular complexity index is 297. The van der Waals surface area contributed by atoms with Gasteiger partial charge >= 0.3 is 0 Å². The van der Waals surface area contributed by atoms with Crippen molar-refractivity contribution < 1.29 is 4.74 Å². The molecule has 0 saturated heterocycles. The molecule has 1 unspecified atom stereocenters. The molecule has 102 valence electrons. The van der Waals surface area contributed by atoms with Gasteiger partial charge < -0.3 is 10.1 Å². The van der Waals surface area contributed by atoms with E-state index in [0.717, 1.165) is 19.6 Å². The monoisotopic (exact) mass is 249 g/mol. The number of unbranched alkanes of at least 4 members (excludes halogenated alkanes) is 1. The van der Waals surface area contributed by atoms with Gasteiger partial charge in [-0.15, -0.1) is 0 Å². The van der Waals surface area contributed by atoms with Crippen molar-refractivity contribution in [2.24, 2.45) is 5.92 Å². The maximum Gasteiger partial charge on any atom is 0.0462 e. The number of nitrogens with one attached hydrogen (secondary N) is 1. The fourth-order valence-electron chi connectivity index (χ4n) is 2.14. The van der Waals surface area contributed by atoms with Gasteiger partial charge in [-0.3, -0.25) is 0 Å². The van der Waals surface area contributed by atoms with Crippen LogP contribution in [0.25, 0.3) is 0 Å². The van der Waals surface area contributed by atoms with Crippen molar-refractivity contribution in [1.82, 2.24) is 5.32 Å². The van der Waals surface area contributed by atoms with Crippen molar-refractivity contribution in [1.29, 1.82) is 0 Å². The van der Waals surface area contributed by atoms with E-state index in [9.17, 15) is 0 Å². The maximum absolute atomic E-state index is 5.07. The lowest BCUT2D eigenvalue weighted by molar-refractivity contribution is 0.192. The molecule has 0 saturated carbocycles. The third kappa shape index (κ3) is 6.18. The lowest BCUT2D eigenvalue weighted by Gasteiger charge is -2.21. The molecular formula is C16H27NO. The summed E-state index contributed by atoms with van der Waals surface area (Å²) in [6, 6.07) is 11.2. The Morgan fingerprint density at radius 3 is 2.44 bits per heavy atom. The molecule has 0 fully saturated rings. The summed E-state index contributed by atoms with van der Waals surface area (Å²) in [6.07, 6.45) is 3.50. The molecule has 0 heterocycles. The van der Waals surface area contributed by atoms with Crippen molar-refractivity contribution in [2.75, 3.05) is 20.3 Å². The normalized spacial score (nSPS) is 12.9. The number of hydrogen-bond acceptors (Lipinski definition) is 2. The van der Waals surface area contributed by atoms with Gasteiger partial charge in [-0.1, -0.05) is 44.2 Å². The van der Waals surface area contributed by atoms with E-state index in [0.29, 0.717) is 12.0 Å². The highest BCUT2D eigenvalue weighted by Crippen LogP contribution is 2.20. The van der Waals surface area contributed by atoms with Gasteiger partial charge in [0, 0.05) is 19.8 Å². The summed E-state index contributed by atoms with van der Waals surface area (Å²) in [4.78, 5) is 0. The van der Waals surface area contributed by atoms with E-state index in [1.807, 2.05) is 0 Å². The van der Waals surface area contributed by atoms with Crippen LogP contribution in [0.5, 0.6) is 0 Å². The van der Waals surface area contributed by atoms with Crippen molar-refractivity contribution in [3.8, 4) is 0 Å². The van der Waals surface area contributed by atoms with E-state index in [-0.39, 0.29) is 0 Å². The Morgan fingerprint density at radius 1 is 1.11 bits per heavy atom. The Morgan fingerprint density at radius 2 is 1.83 bits per heavy atom. The zero-order valence-electron chi connectivity index (χ0n) is 12.0. The highest BCUT2D eigenvalue weighted by Gasteiger charge is 2.11. The van der Waals surface area contributed by atoms with Crippen LogP contribution in [0.2, 0.25) is 0 Å². The molecule has 1 rings (SSSR count). The fourth-order valence-corrected chi connectivity index (χ4v) is 2.14. The summed E-state index contributed by atoms with van der Waals surface area (Å²) in [5.74, 6) is 0.710. The minimum atomic E-state index is 0.480. The highest BCUT2D eigenvalue weighted by atomic mass is 16.5. The molecule has 0 aromatic heterocycles. The van der Waals surface area contributed by atoms with Gasteiger partial charge in [-0.2, -0.15) is 0 Å². The maximum atomic E-state index is 5.07. The molecule has 0 aliphatic carbocycles. The second-order valence-corrected chi connectivity index (χ2v) is 5.25. The molecule has 1 N–H and O–H groups in total. The van der Waals surface area contributed by atoms with Gasteiger partial charge in [-0.05, 0) is 37.3 Å². The first-order valence-electron chi connectivity index (χ1n) is 7.01.